The lowest BCUT2D eigenvalue weighted by Gasteiger charge is -2.09. The molecule has 0 aliphatic rings. The Morgan fingerprint density at radius 3 is 2.81 bits per heavy atom. The first-order valence-corrected chi connectivity index (χ1v) is 9.44. The molecule has 11 nitrogen and oxygen atoms in total. The summed E-state index contributed by atoms with van der Waals surface area (Å²) in [6, 6.07) is 5.77. The minimum absolute atomic E-state index is 0.139. The van der Waals surface area contributed by atoms with Gasteiger partial charge >= 0.3 is 0 Å². The Kier molecular flexibility index (Phi) is 5.07. The summed E-state index contributed by atoms with van der Waals surface area (Å²) in [5, 5.41) is 22.5. The normalized spacial score (nSPS) is 10.9. The second-order valence-electron chi connectivity index (χ2n) is 6.70. The van der Waals surface area contributed by atoms with E-state index < -0.39 is 10.8 Å². The van der Waals surface area contributed by atoms with Crippen molar-refractivity contribution in [1.82, 2.24) is 24.4 Å². The number of nitro benzene ring substituents is 1. The number of hydrogen-bond donors (Lipinski definition) is 1. The molecule has 4 rings (SSSR count). The third-order valence-electron chi connectivity index (χ3n) is 4.84. The van der Waals surface area contributed by atoms with Crippen LogP contribution in [0.25, 0.3) is 16.9 Å². The highest BCUT2D eigenvalue weighted by molar-refractivity contribution is 6.09. The summed E-state index contributed by atoms with van der Waals surface area (Å²) in [5.41, 5.74) is 3.28. The van der Waals surface area contributed by atoms with Crippen molar-refractivity contribution in [1.29, 1.82) is 0 Å². The molecule has 11 heteroatoms. The number of anilines is 1. The molecule has 0 unspecified atom stereocenters. The number of aryl methyl sites for hydroxylation is 2. The van der Waals surface area contributed by atoms with Crippen molar-refractivity contribution in [3.8, 4) is 17.0 Å². The van der Waals surface area contributed by atoms with E-state index >= 15 is 0 Å². The Hall–Kier alpha value is -4.28. The van der Waals surface area contributed by atoms with Crippen LogP contribution in [0.5, 0.6) is 5.75 Å². The number of non-ortho nitro benzene ring substituents is 1. The lowest BCUT2D eigenvalue weighted by molar-refractivity contribution is -0.384. The largest absolute Gasteiger partial charge is 0.494 e. The van der Waals surface area contributed by atoms with Crippen LogP contribution in [-0.4, -0.2) is 42.3 Å². The molecule has 3 heterocycles. The molecular weight excluding hydrogens is 402 g/mol. The van der Waals surface area contributed by atoms with Crippen LogP contribution < -0.4 is 10.1 Å². The van der Waals surface area contributed by atoms with Gasteiger partial charge in [0.05, 0.1) is 41.4 Å². The van der Waals surface area contributed by atoms with E-state index in [2.05, 4.69) is 20.5 Å². The first-order chi connectivity index (χ1) is 14.9. The predicted octanol–water partition coefficient (Wildman–Crippen LogP) is 3.09. The Balaban J connectivity index is 1.70. The molecule has 1 amide bonds. The van der Waals surface area contributed by atoms with Gasteiger partial charge in [-0.25, -0.2) is 9.50 Å². The summed E-state index contributed by atoms with van der Waals surface area (Å²) in [4.78, 5) is 27.7. The number of nitrogens with one attached hydrogen (secondary N) is 1. The maximum absolute atomic E-state index is 12.9. The number of rotatable bonds is 6. The van der Waals surface area contributed by atoms with E-state index in [-0.39, 0.29) is 17.0 Å². The van der Waals surface area contributed by atoms with Crippen molar-refractivity contribution in [3.05, 3.63) is 64.2 Å². The zero-order valence-corrected chi connectivity index (χ0v) is 17.1. The van der Waals surface area contributed by atoms with Gasteiger partial charge in [-0.05, 0) is 26.0 Å². The lowest BCUT2D eigenvalue weighted by Crippen LogP contribution is -2.13. The Morgan fingerprint density at radius 2 is 2.13 bits per heavy atom. The van der Waals surface area contributed by atoms with Crippen LogP contribution in [0.2, 0.25) is 0 Å². The lowest BCUT2D eigenvalue weighted by atomic mass is 10.2. The first kappa shape index (κ1) is 20.0. The number of nitro groups is 1. The first-order valence-electron chi connectivity index (χ1n) is 9.44. The molecule has 1 N–H and O–H groups in total. The van der Waals surface area contributed by atoms with E-state index in [1.54, 1.807) is 10.7 Å². The highest BCUT2D eigenvalue weighted by Crippen LogP contribution is 2.30. The Bertz CT molecular complexity index is 1310. The molecule has 0 aliphatic carbocycles. The average Bonchev–Trinajstić information content (AvgIpc) is 3.37. The SMILES string of the molecule is CCn1cc(-c2ccnc3c(C(=O)Nc4ccc([N+](=O)[O-])cc4OC)cnn23)c(C)n1. The summed E-state index contributed by atoms with van der Waals surface area (Å²) in [5.74, 6) is -0.289. The Labute approximate surface area is 176 Å². The fourth-order valence-corrected chi connectivity index (χ4v) is 3.27. The van der Waals surface area contributed by atoms with E-state index in [4.69, 9.17) is 4.74 Å². The smallest absolute Gasteiger partial charge is 0.273 e. The fraction of sp³-hybridized carbons (Fsp3) is 0.200. The van der Waals surface area contributed by atoms with Gasteiger partial charge in [0.2, 0.25) is 0 Å². The van der Waals surface area contributed by atoms with Gasteiger partial charge in [0.15, 0.2) is 5.65 Å². The highest BCUT2D eigenvalue weighted by Gasteiger charge is 2.20. The van der Waals surface area contributed by atoms with Crippen LogP contribution in [0.15, 0.2) is 42.9 Å². The monoisotopic (exact) mass is 421 g/mol. The van der Waals surface area contributed by atoms with E-state index in [0.717, 1.165) is 23.5 Å². The van der Waals surface area contributed by atoms with Crippen LogP contribution >= 0.6 is 0 Å². The highest BCUT2D eigenvalue weighted by atomic mass is 16.6. The number of hydrogen-bond acceptors (Lipinski definition) is 7. The molecule has 0 bridgehead atoms. The van der Waals surface area contributed by atoms with Gasteiger partial charge in [-0.2, -0.15) is 10.2 Å². The van der Waals surface area contributed by atoms with Gasteiger partial charge in [-0.1, -0.05) is 0 Å². The maximum Gasteiger partial charge on any atom is 0.273 e. The molecule has 31 heavy (non-hydrogen) atoms. The molecule has 0 saturated heterocycles. The minimum atomic E-state index is -0.534. The molecule has 0 radical (unpaired) electrons. The van der Waals surface area contributed by atoms with E-state index in [1.165, 1.54) is 31.5 Å². The van der Waals surface area contributed by atoms with Gasteiger partial charge in [-0.15, -0.1) is 0 Å². The second-order valence-corrected chi connectivity index (χ2v) is 6.70. The number of amides is 1. The van der Waals surface area contributed by atoms with Crippen molar-refractivity contribution in [2.45, 2.75) is 20.4 Å². The number of methoxy groups -OCH3 is 1. The minimum Gasteiger partial charge on any atom is -0.494 e. The number of aromatic nitrogens is 5. The molecule has 1 aromatic carbocycles. The fourth-order valence-electron chi connectivity index (χ4n) is 3.27. The van der Waals surface area contributed by atoms with Crippen molar-refractivity contribution in [2.75, 3.05) is 12.4 Å². The summed E-state index contributed by atoms with van der Waals surface area (Å²) < 4.78 is 8.60. The number of carbonyl (C=O) groups excluding carboxylic acids is 1. The summed E-state index contributed by atoms with van der Waals surface area (Å²) >= 11 is 0. The molecule has 3 aromatic heterocycles. The molecule has 4 aromatic rings. The maximum atomic E-state index is 12.9. The molecule has 0 saturated carbocycles. The van der Waals surface area contributed by atoms with Crippen LogP contribution in [0, 0.1) is 17.0 Å². The van der Waals surface area contributed by atoms with Gasteiger partial charge in [0.25, 0.3) is 11.6 Å². The van der Waals surface area contributed by atoms with Gasteiger partial charge in [0, 0.05) is 30.6 Å². The number of ether oxygens (including phenoxy) is 1. The van der Waals surface area contributed by atoms with Crippen molar-refractivity contribution in [2.24, 2.45) is 0 Å². The average molecular weight is 421 g/mol. The van der Waals surface area contributed by atoms with Crippen LogP contribution in [0.4, 0.5) is 11.4 Å². The molecule has 0 aliphatic heterocycles. The van der Waals surface area contributed by atoms with Crippen molar-refractivity contribution < 1.29 is 14.5 Å². The zero-order chi connectivity index (χ0) is 22.1. The zero-order valence-electron chi connectivity index (χ0n) is 17.1. The van der Waals surface area contributed by atoms with Gasteiger partial charge in [0.1, 0.15) is 11.3 Å². The van der Waals surface area contributed by atoms with E-state index in [1.807, 2.05) is 30.8 Å². The van der Waals surface area contributed by atoms with Crippen LogP contribution in [0.1, 0.15) is 23.0 Å². The number of carbonyl (C=O) groups is 1. The van der Waals surface area contributed by atoms with E-state index in [9.17, 15) is 14.9 Å². The second kappa shape index (κ2) is 7.86. The number of fused-ring (bicyclic) bond motifs is 1. The molecule has 0 atom stereocenters. The third-order valence-corrected chi connectivity index (χ3v) is 4.84. The Morgan fingerprint density at radius 1 is 1.32 bits per heavy atom. The molecular formula is C20H19N7O4. The summed E-state index contributed by atoms with van der Waals surface area (Å²) in [6.45, 7) is 4.64. The third kappa shape index (κ3) is 3.56. The van der Waals surface area contributed by atoms with Crippen LogP contribution in [-0.2, 0) is 6.54 Å². The predicted molar refractivity (Wildman–Crippen MR) is 112 cm³/mol. The molecule has 0 spiro atoms. The van der Waals surface area contributed by atoms with Crippen LogP contribution in [0.3, 0.4) is 0 Å². The quantitative estimate of drug-likeness (QED) is 0.374. The summed E-state index contributed by atoms with van der Waals surface area (Å²) in [6.07, 6.45) is 4.96. The van der Waals surface area contributed by atoms with Gasteiger partial charge < -0.3 is 10.1 Å². The molecule has 158 valence electrons. The van der Waals surface area contributed by atoms with Gasteiger partial charge in [-0.3, -0.25) is 19.6 Å². The standard InChI is InChI=1S/C20H19N7O4/c1-4-25-11-15(12(2)24-25)17-7-8-21-19-14(10-22-26(17)19)20(28)23-16-6-5-13(27(29)30)9-18(16)31-3/h5-11H,4H2,1-3H3,(H,23,28). The topological polar surface area (TPSA) is 129 Å². The van der Waals surface area contributed by atoms with Crippen molar-refractivity contribution >= 4 is 22.9 Å². The van der Waals surface area contributed by atoms with Crippen molar-refractivity contribution in [3.63, 3.8) is 0 Å². The molecule has 0 fully saturated rings. The van der Waals surface area contributed by atoms with E-state index in [0.29, 0.717) is 11.3 Å². The number of benzene rings is 1. The number of nitrogens with zero attached hydrogens (tertiary/aromatic N) is 6. The summed E-state index contributed by atoms with van der Waals surface area (Å²) in [7, 11) is 1.37.